The second kappa shape index (κ2) is 7.01. The average Bonchev–Trinajstić information content (AvgIpc) is 2.29. The van der Waals surface area contributed by atoms with Crippen molar-refractivity contribution in [2.45, 2.75) is 26.3 Å². The molecule has 0 atom stereocenters. The van der Waals surface area contributed by atoms with Crippen molar-refractivity contribution >= 4 is 12.0 Å². The van der Waals surface area contributed by atoms with E-state index in [4.69, 9.17) is 5.73 Å². The number of carbonyl (C=O) groups excluding carboxylic acids is 1. The third-order valence-corrected chi connectivity index (χ3v) is 2.49. The Hall–Kier alpha value is -1.35. The highest BCUT2D eigenvalue weighted by atomic mass is 16.1. The molecule has 0 bridgehead atoms. The zero-order valence-corrected chi connectivity index (χ0v) is 9.86. The van der Waals surface area contributed by atoms with Crippen LogP contribution >= 0.6 is 0 Å². The second-order valence-electron chi connectivity index (χ2n) is 3.97. The molecule has 0 heterocycles. The predicted octanol–water partition coefficient (Wildman–Crippen LogP) is 2.07. The topological polar surface area (TPSA) is 46.3 Å². The Morgan fingerprint density at radius 1 is 1.25 bits per heavy atom. The van der Waals surface area contributed by atoms with E-state index in [1.807, 2.05) is 24.3 Å². The van der Waals surface area contributed by atoms with E-state index in [9.17, 15) is 4.79 Å². The lowest BCUT2D eigenvalue weighted by molar-refractivity contribution is -0.108. The first-order valence-electron chi connectivity index (χ1n) is 5.76. The van der Waals surface area contributed by atoms with Gasteiger partial charge in [0.05, 0.1) is 0 Å². The van der Waals surface area contributed by atoms with Crippen LogP contribution in [0, 0.1) is 0 Å². The second-order valence-corrected chi connectivity index (χ2v) is 3.97. The monoisotopic (exact) mass is 220 g/mol. The van der Waals surface area contributed by atoms with Gasteiger partial charge < -0.3 is 10.5 Å². The molecule has 2 N–H and O–H groups in total. The molecule has 0 saturated carbocycles. The highest BCUT2D eigenvalue weighted by molar-refractivity contribution is 5.49. The molecule has 0 aliphatic heterocycles. The van der Waals surface area contributed by atoms with Crippen LogP contribution in [0.15, 0.2) is 24.3 Å². The molecule has 1 rings (SSSR count). The number of hydrogen-bond acceptors (Lipinski definition) is 3. The molecule has 0 spiro atoms. The molecule has 0 radical (unpaired) electrons. The molecule has 3 heteroatoms. The smallest absolute Gasteiger partial charge is 0.121 e. The summed E-state index contributed by atoms with van der Waals surface area (Å²) in [4.78, 5) is 12.7. The van der Waals surface area contributed by atoms with Gasteiger partial charge in [-0.3, -0.25) is 4.90 Å². The molecule has 16 heavy (non-hydrogen) atoms. The summed E-state index contributed by atoms with van der Waals surface area (Å²) in [6.07, 6.45) is 2.69. The van der Waals surface area contributed by atoms with E-state index in [0.29, 0.717) is 6.42 Å². The Balaban J connectivity index is 2.52. The average molecular weight is 220 g/mol. The molecule has 88 valence electrons. The Bertz CT molecular complexity index is 308. The van der Waals surface area contributed by atoms with E-state index < -0.39 is 0 Å². The fourth-order valence-electron chi connectivity index (χ4n) is 1.70. The van der Waals surface area contributed by atoms with Gasteiger partial charge >= 0.3 is 0 Å². The lowest BCUT2D eigenvalue weighted by Crippen LogP contribution is -2.25. The molecule has 0 aliphatic carbocycles. The molecule has 0 unspecified atom stereocenters. The maximum atomic E-state index is 10.4. The normalized spacial score (nSPS) is 10.6. The molecule has 0 aliphatic rings. The molecule has 1 aromatic rings. The zero-order chi connectivity index (χ0) is 11.8. The SMILES string of the molecule is CCCN(CCC=O)Cc1ccc(N)cc1. The van der Waals surface area contributed by atoms with Crippen molar-refractivity contribution in [3.63, 3.8) is 0 Å². The van der Waals surface area contributed by atoms with Gasteiger partial charge in [-0.15, -0.1) is 0 Å². The number of carbonyl (C=O) groups is 1. The largest absolute Gasteiger partial charge is 0.399 e. The Morgan fingerprint density at radius 3 is 2.50 bits per heavy atom. The van der Waals surface area contributed by atoms with Gasteiger partial charge in [-0.25, -0.2) is 0 Å². The van der Waals surface area contributed by atoms with Gasteiger partial charge in [-0.05, 0) is 30.7 Å². The van der Waals surface area contributed by atoms with Gasteiger partial charge in [0.15, 0.2) is 0 Å². The van der Waals surface area contributed by atoms with Crippen molar-refractivity contribution in [3.8, 4) is 0 Å². The summed E-state index contributed by atoms with van der Waals surface area (Å²) < 4.78 is 0. The van der Waals surface area contributed by atoms with Crippen LogP contribution in [0.1, 0.15) is 25.3 Å². The van der Waals surface area contributed by atoms with Gasteiger partial charge in [0.1, 0.15) is 6.29 Å². The maximum absolute atomic E-state index is 10.4. The molecular weight excluding hydrogens is 200 g/mol. The van der Waals surface area contributed by atoms with E-state index in [0.717, 1.165) is 38.0 Å². The molecule has 0 fully saturated rings. The minimum absolute atomic E-state index is 0.606. The van der Waals surface area contributed by atoms with Crippen molar-refractivity contribution in [3.05, 3.63) is 29.8 Å². The lowest BCUT2D eigenvalue weighted by Gasteiger charge is -2.20. The third-order valence-electron chi connectivity index (χ3n) is 2.49. The summed E-state index contributed by atoms with van der Waals surface area (Å²) in [5, 5.41) is 0. The fraction of sp³-hybridized carbons (Fsp3) is 0.462. The number of nitrogen functional groups attached to an aromatic ring is 1. The number of anilines is 1. The molecule has 0 amide bonds. The number of rotatable bonds is 7. The molecule has 0 saturated heterocycles. The van der Waals surface area contributed by atoms with Gasteiger partial charge in [0.2, 0.25) is 0 Å². The van der Waals surface area contributed by atoms with Gasteiger partial charge in [0.25, 0.3) is 0 Å². The Labute approximate surface area is 97.2 Å². The summed E-state index contributed by atoms with van der Waals surface area (Å²) >= 11 is 0. The van der Waals surface area contributed by atoms with Gasteiger partial charge in [0, 0.05) is 25.2 Å². The lowest BCUT2D eigenvalue weighted by atomic mass is 10.2. The predicted molar refractivity (Wildman–Crippen MR) is 67.1 cm³/mol. The molecular formula is C13H20N2O. The molecule has 3 nitrogen and oxygen atoms in total. The maximum Gasteiger partial charge on any atom is 0.121 e. The van der Waals surface area contributed by atoms with Crippen LogP contribution in [0.4, 0.5) is 5.69 Å². The van der Waals surface area contributed by atoms with Crippen LogP contribution in [0.25, 0.3) is 0 Å². The van der Waals surface area contributed by atoms with Crippen molar-refractivity contribution in [1.82, 2.24) is 4.90 Å². The van der Waals surface area contributed by atoms with Crippen molar-refractivity contribution in [2.24, 2.45) is 0 Å². The van der Waals surface area contributed by atoms with Crippen LogP contribution in [-0.2, 0) is 11.3 Å². The van der Waals surface area contributed by atoms with E-state index in [2.05, 4.69) is 11.8 Å². The zero-order valence-electron chi connectivity index (χ0n) is 9.86. The first kappa shape index (κ1) is 12.7. The number of nitrogens with zero attached hydrogens (tertiary/aromatic N) is 1. The van der Waals surface area contributed by atoms with Crippen molar-refractivity contribution in [2.75, 3.05) is 18.8 Å². The number of hydrogen-bond donors (Lipinski definition) is 1. The van der Waals surface area contributed by atoms with Crippen molar-refractivity contribution < 1.29 is 4.79 Å². The Kier molecular flexibility index (Phi) is 5.57. The summed E-state index contributed by atoms with van der Waals surface area (Å²) in [7, 11) is 0. The summed E-state index contributed by atoms with van der Waals surface area (Å²) in [5.41, 5.74) is 7.67. The molecule has 0 aromatic heterocycles. The van der Waals surface area contributed by atoms with E-state index >= 15 is 0 Å². The number of aldehydes is 1. The highest BCUT2D eigenvalue weighted by Crippen LogP contribution is 2.09. The van der Waals surface area contributed by atoms with E-state index in [-0.39, 0.29) is 0 Å². The van der Waals surface area contributed by atoms with Crippen LogP contribution in [0.5, 0.6) is 0 Å². The number of nitrogens with two attached hydrogens (primary N) is 1. The first-order chi connectivity index (χ1) is 7.76. The standard InChI is InChI=1S/C13H20N2O/c1-2-8-15(9-3-10-16)11-12-4-6-13(14)7-5-12/h4-7,10H,2-3,8-9,11,14H2,1H3. The minimum atomic E-state index is 0.606. The first-order valence-corrected chi connectivity index (χ1v) is 5.76. The fourth-order valence-corrected chi connectivity index (χ4v) is 1.70. The van der Waals surface area contributed by atoms with Crippen LogP contribution in [0.2, 0.25) is 0 Å². The number of benzene rings is 1. The highest BCUT2D eigenvalue weighted by Gasteiger charge is 2.04. The summed E-state index contributed by atoms with van der Waals surface area (Å²) in [6, 6.07) is 7.91. The summed E-state index contributed by atoms with van der Waals surface area (Å²) in [6.45, 7) is 4.90. The van der Waals surface area contributed by atoms with Crippen molar-refractivity contribution in [1.29, 1.82) is 0 Å². The quantitative estimate of drug-likeness (QED) is 0.565. The summed E-state index contributed by atoms with van der Waals surface area (Å²) in [5.74, 6) is 0. The minimum Gasteiger partial charge on any atom is -0.399 e. The van der Waals surface area contributed by atoms with Gasteiger partial charge in [-0.1, -0.05) is 19.1 Å². The Morgan fingerprint density at radius 2 is 1.94 bits per heavy atom. The molecule has 1 aromatic carbocycles. The third kappa shape index (κ3) is 4.45. The van der Waals surface area contributed by atoms with Crippen LogP contribution in [0.3, 0.4) is 0 Å². The van der Waals surface area contributed by atoms with E-state index in [1.54, 1.807) is 0 Å². The van der Waals surface area contributed by atoms with E-state index in [1.165, 1.54) is 5.56 Å². The van der Waals surface area contributed by atoms with Gasteiger partial charge in [-0.2, -0.15) is 0 Å². The van der Waals surface area contributed by atoms with Crippen LogP contribution in [-0.4, -0.2) is 24.3 Å². The van der Waals surface area contributed by atoms with Crippen LogP contribution < -0.4 is 5.73 Å².